The molecule has 0 saturated carbocycles. The van der Waals surface area contributed by atoms with E-state index in [2.05, 4.69) is 35.1 Å². The van der Waals surface area contributed by atoms with Crippen molar-refractivity contribution in [3.05, 3.63) is 58.7 Å². The lowest BCUT2D eigenvalue weighted by Gasteiger charge is -2.32. The molecule has 2 fully saturated rings. The van der Waals surface area contributed by atoms with Gasteiger partial charge in [-0.1, -0.05) is 49.3 Å². The van der Waals surface area contributed by atoms with Crippen LogP contribution >= 0.6 is 25.3 Å². The van der Waals surface area contributed by atoms with Crippen LogP contribution in [0.5, 0.6) is 0 Å². The van der Waals surface area contributed by atoms with Gasteiger partial charge in [0.25, 0.3) is 0 Å². The summed E-state index contributed by atoms with van der Waals surface area (Å²) in [4.78, 5) is 44.0. The minimum Gasteiger partial charge on any atom is -0.303 e. The van der Waals surface area contributed by atoms with Crippen molar-refractivity contribution < 1.29 is 14.4 Å². The van der Waals surface area contributed by atoms with E-state index in [9.17, 15) is 14.4 Å². The van der Waals surface area contributed by atoms with Gasteiger partial charge in [-0.15, -0.1) is 25.3 Å². The third-order valence-corrected chi connectivity index (χ3v) is 9.47. The summed E-state index contributed by atoms with van der Waals surface area (Å²) in [6.45, 7) is 5.83. The molecule has 0 bridgehead atoms. The standard InChI is InChI=1S/C29H36N2O3S2/c32-25-23-19-28(26(33)35,11-17-30-13-3-1-4-14-30)9-7-21(23)22-8-10-29(27(34)36,20-24(22)25)12-18-31-15-5-2-6-16-31/h7-10,19-20H,1-6,11-18H2,(H,33,35)(H,34,36). The largest absolute Gasteiger partial charge is 0.303 e. The van der Waals surface area contributed by atoms with Crippen LogP contribution < -0.4 is 0 Å². The lowest BCUT2D eigenvalue weighted by atomic mass is 9.78. The summed E-state index contributed by atoms with van der Waals surface area (Å²) >= 11 is 8.50. The normalized spacial score (nSPS) is 30.7. The molecular formula is C29H36N2O3S2. The van der Waals surface area contributed by atoms with Crippen LogP contribution in [0.1, 0.15) is 51.4 Å². The first-order chi connectivity index (χ1) is 17.3. The van der Waals surface area contributed by atoms with Crippen molar-refractivity contribution in [1.29, 1.82) is 0 Å². The Morgan fingerprint density at radius 1 is 0.694 bits per heavy atom. The molecule has 3 aliphatic carbocycles. The molecule has 36 heavy (non-hydrogen) atoms. The first-order valence-electron chi connectivity index (χ1n) is 13.4. The molecule has 2 unspecified atom stereocenters. The van der Waals surface area contributed by atoms with Crippen molar-refractivity contribution in [2.24, 2.45) is 10.8 Å². The molecule has 7 heteroatoms. The number of hydrogen-bond donors (Lipinski definition) is 2. The molecule has 0 radical (unpaired) electrons. The second-order valence-corrected chi connectivity index (χ2v) is 11.7. The molecule has 2 atom stereocenters. The maximum absolute atomic E-state index is 13.7. The van der Waals surface area contributed by atoms with E-state index in [0.29, 0.717) is 24.0 Å². The molecule has 192 valence electrons. The second-order valence-electron chi connectivity index (χ2n) is 10.9. The van der Waals surface area contributed by atoms with Crippen LogP contribution in [0.25, 0.3) is 0 Å². The van der Waals surface area contributed by atoms with Crippen molar-refractivity contribution in [3.8, 4) is 0 Å². The smallest absolute Gasteiger partial charge is 0.199 e. The summed E-state index contributed by atoms with van der Waals surface area (Å²) in [5.74, 6) is -0.109. The summed E-state index contributed by atoms with van der Waals surface area (Å²) in [6.07, 6.45) is 19.9. The minimum atomic E-state index is -0.891. The van der Waals surface area contributed by atoms with Gasteiger partial charge in [0, 0.05) is 11.1 Å². The average Bonchev–Trinajstić information content (AvgIpc) is 3.17. The number of carbonyl (C=O) groups excluding carboxylic acids is 3. The zero-order valence-corrected chi connectivity index (χ0v) is 22.7. The summed E-state index contributed by atoms with van der Waals surface area (Å²) in [5.41, 5.74) is 1.01. The molecular weight excluding hydrogens is 488 g/mol. The molecule has 5 rings (SSSR count). The number of Topliss-reactive ketones (excluding diaryl/α,β-unsaturated/α-hetero) is 1. The SMILES string of the molecule is O=C1C2=CC(CCN3CCCCC3)(C(=O)S)C=CC2=C2C=CC(CCN3CCCCC3)(C(=O)S)C=C12. The third-order valence-electron chi connectivity index (χ3n) is 8.64. The molecule has 2 aliphatic heterocycles. The number of hydrogen-bond acceptors (Lipinski definition) is 5. The van der Waals surface area contributed by atoms with Crippen molar-refractivity contribution >= 4 is 41.3 Å². The Balaban J connectivity index is 1.40. The minimum absolute atomic E-state index is 0.109. The Hall–Kier alpha value is -1.67. The van der Waals surface area contributed by atoms with E-state index in [-0.39, 0.29) is 16.0 Å². The van der Waals surface area contributed by atoms with Crippen LogP contribution in [-0.2, 0) is 14.4 Å². The maximum atomic E-state index is 13.7. The molecule has 2 saturated heterocycles. The number of fused-ring (bicyclic) bond motifs is 2. The molecule has 5 nitrogen and oxygen atoms in total. The van der Waals surface area contributed by atoms with Gasteiger partial charge < -0.3 is 9.80 Å². The van der Waals surface area contributed by atoms with E-state index in [0.717, 1.165) is 50.4 Å². The first kappa shape index (κ1) is 26.0. The number of allylic oxidation sites excluding steroid dienone is 10. The zero-order valence-electron chi connectivity index (χ0n) is 20.9. The van der Waals surface area contributed by atoms with E-state index in [1.165, 1.54) is 38.5 Å². The quantitative estimate of drug-likeness (QED) is 0.458. The predicted molar refractivity (Wildman–Crippen MR) is 149 cm³/mol. The summed E-state index contributed by atoms with van der Waals surface area (Å²) in [5, 5.41) is -0.471. The highest BCUT2D eigenvalue weighted by molar-refractivity contribution is 7.97. The van der Waals surface area contributed by atoms with Crippen molar-refractivity contribution in [3.63, 3.8) is 0 Å². The van der Waals surface area contributed by atoms with Crippen LogP contribution in [-0.4, -0.2) is 65.1 Å². The number of ketones is 1. The summed E-state index contributed by atoms with van der Waals surface area (Å²) in [6, 6.07) is 0. The lowest BCUT2D eigenvalue weighted by molar-refractivity contribution is -0.116. The van der Waals surface area contributed by atoms with Gasteiger partial charge in [-0.3, -0.25) is 14.4 Å². The number of carbonyl (C=O) groups is 3. The molecule has 0 aromatic rings. The molecule has 0 aromatic carbocycles. The summed E-state index contributed by atoms with van der Waals surface area (Å²) < 4.78 is 0. The Labute approximate surface area is 225 Å². The maximum Gasteiger partial charge on any atom is 0.199 e. The fourth-order valence-corrected chi connectivity index (χ4v) is 6.75. The van der Waals surface area contributed by atoms with E-state index >= 15 is 0 Å². The number of likely N-dealkylation sites (tertiary alicyclic amines) is 2. The van der Waals surface area contributed by atoms with Gasteiger partial charge in [0.05, 0.1) is 10.8 Å². The van der Waals surface area contributed by atoms with Gasteiger partial charge in [-0.2, -0.15) is 0 Å². The Kier molecular flexibility index (Phi) is 7.64. The number of thiol groups is 2. The highest BCUT2D eigenvalue weighted by atomic mass is 32.1. The second kappa shape index (κ2) is 10.6. The number of piperidine rings is 2. The van der Waals surface area contributed by atoms with E-state index in [1.54, 1.807) is 0 Å². The lowest BCUT2D eigenvalue weighted by Crippen LogP contribution is -2.36. The van der Waals surface area contributed by atoms with Gasteiger partial charge in [0.1, 0.15) is 0 Å². The molecule has 0 N–H and O–H groups in total. The van der Waals surface area contributed by atoms with Crippen molar-refractivity contribution in [2.45, 2.75) is 51.4 Å². The van der Waals surface area contributed by atoms with Crippen LogP contribution in [0, 0.1) is 10.8 Å². The van der Waals surface area contributed by atoms with Gasteiger partial charge in [0.15, 0.2) is 16.0 Å². The molecule has 2 heterocycles. The van der Waals surface area contributed by atoms with Gasteiger partial charge >= 0.3 is 0 Å². The fraction of sp³-hybridized carbons (Fsp3) is 0.552. The van der Waals surface area contributed by atoms with E-state index < -0.39 is 10.8 Å². The zero-order chi connectivity index (χ0) is 25.3. The summed E-state index contributed by atoms with van der Waals surface area (Å²) in [7, 11) is 0. The fourth-order valence-electron chi connectivity index (χ4n) is 6.24. The van der Waals surface area contributed by atoms with Crippen LogP contribution in [0.3, 0.4) is 0 Å². The molecule has 0 spiro atoms. The Morgan fingerprint density at radius 2 is 1.08 bits per heavy atom. The van der Waals surface area contributed by atoms with Crippen molar-refractivity contribution in [2.75, 3.05) is 39.3 Å². The van der Waals surface area contributed by atoms with E-state index in [1.807, 2.05) is 36.5 Å². The van der Waals surface area contributed by atoms with Crippen LogP contribution in [0.2, 0.25) is 0 Å². The Morgan fingerprint density at radius 3 is 1.44 bits per heavy atom. The van der Waals surface area contributed by atoms with Crippen molar-refractivity contribution in [1.82, 2.24) is 9.80 Å². The van der Waals surface area contributed by atoms with Crippen LogP contribution in [0.15, 0.2) is 58.7 Å². The number of nitrogens with zero attached hydrogens (tertiary/aromatic N) is 2. The average molecular weight is 525 g/mol. The third kappa shape index (κ3) is 4.92. The highest BCUT2D eigenvalue weighted by Gasteiger charge is 2.44. The van der Waals surface area contributed by atoms with Gasteiger partial charge in [-0.05, 0) is 88.9 Å². The number of rotatable bonds is 8. The Bertz CT molecular complexity index is 1020. The monoisotopic (exact) mass is 524 g/mol. The van der Waals surface area contributed by atoms with Crippen LogP contribution in [0.4, 0.5) is 0 Å². The molecule has 0 amide bonds. The van der Waals surface area contributed by atoms with Gasteiger partial charge in [-0.25, -0.2) is 0 Å². The predicted octanol–water partition coefficient (Wildman–Crippen LogP) is 4.50. The highest BCUT2D eigenvalue weighted by Crippen LogP contribution is 2.48. The molecule has 0 aromatic heterocycles. The topological polar surface area (TPSA) is 57.7 Å². The van der Waals surface area contributed by atoms with Gasteiger partial charge in [0.2, 0.25) is 0 Å². The first-order valence-corrected chi connectivity index (χ1v) is 14.3. The molecule has 5 aliphatic rings. The van der Waals surface area contributed by atoms with E-state index in [4.69, 9.17) is 0 Å².